The van der Waals surface area contributed by atoms with Crippen molar-refractivity contribution < 1.29 is 77.6 Å². The smallest absolute Gasteiger partial charge is 0.407 e. The summed E-state index contributed by atoms with van der Waals surface area (Å²) in [6.07, 6.45) is -9.45. The molecule has 272 valence electrons. The molecule has 0 spiro atoms. The third-order valence-corrected chi connectivity index (χ3v) is 8.30. The van der Waals surface area contributed by atoms with E-state index in [9.17, 15) is 44.4 Å². The second-order valence-corrected chi connectivity index (χ2v) is 11.7. The van der Waals surface area contributed by atoms with Gasteiger partial charge in [-0.15, -0.1) is 0 Å². The third kappa shape index (κ3) is 8.03. The van der Waals surface area contributed by atoms with Gasteiger partial charge in [-0.05, 0) is 30.9 Å². The molecule has 2 aliphatic rings. The van der Waals surface area contributed by atoms with Crippen molar-refractivity contribution in [3.63, 3.8) is 0 Å². The summed E-state index contributed by atoms with van der Waals surface area (Å²) in [6, 6.07) is 9.31. The standard InChI is InChI=1S/C32H43NO16/c1-6-33-29(41)47-24-23(45-17-44-15-14-43-5)30(48-25(26(35)36)31(42,27(37)38)32(24,49-30)28(39)40)13-12-18(2)22(46-20(4)34)19(3)16-21-10-8-7-9-11-21/h7-11,19,22-25,42H,2,6,12-17H2,1,3-5H3,(H,33,41)(H,35,36)(H,37,38)(H,39,40). The lowest BCUT2D eigenvalue weighted by atomic mass is 9.74. The normalized spacial score (nSPS) is 28.6. The van der Waals surface area contributed by atoms with Crippen LogP contribution in [-0.2, 0) is 58.8 Å². The molecule has 5 N–H and O–H groups in total. The molecule has 17 heteroatoms. The van der Waals surface area contributed by atoms with Gasteiger partial charge in [-0.3, -0.25) is 4.79 Å². The summed E-state index contributed by atoms with van der Waals surface area (Å²) in [5.41, 5.74) is -6.17. The number of esters is 1. The number of carboxylic acid groups (broad SMARTS) is 3. The van der Waals surface area contributed by atoms with E-state index in [0.29, 0.717) is 6.42 Å². The minimum Gasteiger partial charge on any atom is -0.479 e. The van der Waals surface area contributed by atoms with Crippen LogP contribution in [0.2, 0.25) is 0 Å². The maximum atomic E-state index is 13.1. The van der Waals surface area contributed by atoms with Gasteiger partial charge in [0.1, 0.15) is 12.9 Å². The first kappa shape index (κ1) is 39.3. The molecule has 2 heterocycles. The molecule has 0 aromatic heterocycles. The van der Waals surface area contributed by atoms with Crippen molar-refractivity contribution in [2.45, 2.75) is 81.4 Å². The van der Waals surface area contributed by atoms with Crippen molar-refractivity contribution in [3.8, 4) is 0 Å². The molecule has 0 radical (unpaired) electrons. The van der Waals surface area contributed by atoms with Crippen molar-refractivity contribution in [3.05, 3.63) is 48.0 Å². The van der Waals surface area contributed by atoms with Crippen molar-refractivity contribution in [2.75, 3.05) is 33.7 Å². The lowest BCUT2D eigenvalue weighted by Gasteiger charge is -2.48. The van der Waals surface area contributed by atoms with Crippen molar-refractivity contribution in [1.29, 1.82) is 0 Å². The van der Waals surface area contributed by atoms with E-state index >= 15 is 0 Å². The quantitative estimate of drug-likeness (QED) is 0.0588. The first-order valence-electron chi connectivity index (χ1n) is 15.4. The highest BCUT2D eigenvalue weighted by atomic mass is 16.8. The summed E-state index contributed by atoms with van der Waals surface area (Å²) in [5.74, 6) is -10.1. The SMILES string of the molecule is C=C(CCC12OC(C(=O)O)C(O)(C(=O)O)C(C(=O)O)(O1)C(OC(=O)NCC)C2OCOCCOC)C(OC(C)=O)C(C)Cc1ccccc1. The molecule has 3 rings (SSSR count). The van der Waals surface area contributed by atoms with Crippen LogP contribution in [0.25, 0.3) is 0 Å². The molecule has 8 atom stereocenters. The van der Waals surface area contributed by atoms with Gasteiger partial charge < -0.3 is 58.9 Å². The highest BCUT2D eigenvalue weighted by Crippen LogP contribution is 2.56. The Hall–Kier alpha value is -4.13. The molecule has 8 unspecified atom stereocenters. The van der Waals surface area contributed by atoms with Crippen LogP contribution in [0.4, 0.5) is 4.79 Å². The number of aliphatic hydroxyl groups is 1. The molecule has 2 fully saturated rings. The number of carboxylic acids is 3. The van der Waals surface area contributed by atoms with Crippen molar-refractivity contribution in [2.24, 2.45) is 5.92 Å². The number of hydrogen-bond donors (Lipinski definition) is 5. The summed E-state index contributed by atoms with van der Waals surface area (Å²) < 4.78 is 38.7. The Balaban J connectivity index is 2.12. The topological polar surface area (TPSA) is 243 Å². The molecular weight excluding hydrogens is 654 g/mol. The lowest BCUT2D eigenvalue weighted by molar-refractivity contribution is -0.377. The molecule has 2 aliphatic heterocycles. The molecule has 0 aliphatic carbocycles. The maximum Gasteiger partial charge on any atom is 0.407 e. The average Bonchev–Trinajstić information content (AvgIpc) is 3.27. The Labute approximate surface area is 282 Å². The first-order valence-corrected chi connectivity index (χ1v) is 15.4. The number of carbonyl (C=O) groups excluding carboxylic acids is 2. The van der Waals surface area contributed by atoms with Gasteiger partial charge in [0.25, 0.3) is 5.60 Å². The number of carbonyl (C=O) groups is 5. The number of methoxy groups -OCH3 is 1. The van der Waals surface area contributed by atoms with E-state index in [1.807, 2.05) is 37.3 Å². The minimum absolute atomic E-state index is 0.0146. The summed E-state index contributed by atoms with van der Waals surface area (Å²) in [6.45, 7) is 8.03. The van der Waals surface area contributed by atoms with Crippen LogP contribution in [0.5, 0.6) is 0 Å². The number of ether oxygens (including phenoxy) is 7. The van der Waals surface area contributed by atoms with Gasteiger partial charge in [-0.25, -0.2) is 19.2 Å². The predicted octanol–water partition coefficient (Wildman–Crippen LogP) is 1.10. The number of fused-ring (bicyclic) bond motifs is 2. The zero-order chi connectivity index (χ0) is 36.6. The zero-order valence-corrected chi connectivity index (χ0v) is 27.6. The van der Waals surface area contributed by atoms with Gasteiger partial charge in [0.05, 0.1) is 13.2 Å². The molecule has 0 saturated carbocycles. The maximum absolute atomic E-state index is 13.1. The van der Waals surface area contributed by atoms with E-state index in [1.165, 1.54) is 21.0 Å². The molecule has 2 bridgehead atoms. The van der Waals surface area contributed by atoms with Crippen LogP contribution >= 0.6 is 0 Å². The molecule has 49 heavy (non-hydrogen) atoms. The molecule has 1 aromatic rings. The van der Waals surface area contributed by atoms with E-state index in [0.717, 1.165) is 5.56 Å². The summed E-state index contributed by atoms with van der Waals surface area (Å²) in [5, 5.41) is 44.7. The van der Waals surface area contributed by atoms with E-state index in [-0.39, 0.29) is 37.7 Å². The summed E-state index contributed by atoms with van der Waals surface area (Å²) >= 11 is 0. The van der Waals surface area contributed by atoms with Crippen LogP contribution in [0.15, 0.2) is 42.5 Å². The summed E-state index contributed by atoms with van der Waals surface area (Å²) in [7, 11) is 1.41. The lowest BCUT2D eigenvalue weighted by Crippen LogP contribution is -2.78. The zero-order valence-electron chi connectivity index (χ0n) is 27.6. The van der Waals surface area contributed by atoms with E-state index in [4.69, 9.17) is 33.2 Å². The average molecular weight is 698 g/mol. The fourth-order valence-corrected chi connectivity index (χ4v) is 6.11. The van der Waals surface area contributed by atoms with Gasteiger partial charge in [0.15, 0.2) is 12.2 Å². The van der Waals surface area contributed by atoms with Crippen molar-refractivity contribution >= 4 is 30.0 Å². The summed E-state index contributed by atoms with van der Waals surface area (Å²) in [4.78, 5) is 63.2. The Morgan fingerprint density at radius 3 is 2.27 bits per heavy atom. The highest BCUT2D eigenvalue weighted by molar-refractivity contribution is 5.98. The Bertz CT molecular complexity index is 1370. The number of aliphatic carboxylic acids is 3. The Kier molecular flexibility index (Phi) is 13.2. The molecule has 17 nitrogen and oxygen atoms in total. The molecule has 2 saturated heterocycles. The molecule has 1 amide bonds. The van der Waals surface area contributed by atoms with Crippen LogP contribution in [0, 0.1) is 5.92 Å². The van der Waals surface area contributed by atoms with Gasteiger partial charge in [0, 0.05) is 32.9 Å². The van der Waals surface area contributed by atoms with E-state index < -0.39 is 84.6 Å². The number of hydrogen-bond acceptors (Lipinski definition) is 13. The Morgan fingerprint density at radius 2 is 1.71 bits per heavy atom. The van der Waals surface area contributed by atoms with Gasteiger partial charge in [-0.2, -0.15) is 0 Å². The number of rotatable bonds is 19. The number of alkyl carbamates (subject to hydrolysis) is 1. The predicted molar refractivity (Wildman–Crippen MR) is 164 cm³/mol. The number of amides is 1. The third-order valence-electron chi connectivity index (χ3n) is 8.30. The van der Waals surface area contributed by atoms with Crippen LogP contribution in [-0.4, -0.2) is 125 Å². The fourth-order valence-electron chi connectivity index (χ4n) is 6.11. The van der Waals surface area contributed by atoms with Crippen LogP contribution in [0.1, 0.15) is 39.2 Å². The molecule has 1 aromatic carbocycles. The van der Waals surface area contributed by atoms with Crippen LogP contribution < -0.4 is 5.32 Å². The fraction of sp³-hybridized carbons (Fsp3) is 0.594. The minimum atomic E-state index is -3.87. The Morgan fingerprint density at radius 1 is 1.04 bits per heavy atom. The first-order chi connectivity index (χ1) is 23.1. The van der Waals surface area contributed by atoms with Gasteiger partial charge in [0.2, 0.25) is 17.5 Å². The largest absolute Gasteiger partial charge is 0.479 e. The van der Waals surface area contributed by atoms with Crippen LogP contribution in [0.3, 0.4) is 0 Å². The monoisotopic (exact) mass is 697 g/mol. The second-order valence-electron chi connectivity index (χ2n) is 11.7. The van der Waals surface area contributed by atoms with E-state index in [1.54, 1.807) is 0 Å². The number of nitrogens with one attached hydrogen (secondary N) is 1. The van der Waals surface area contributed by atoms with Gasteiger partial charge in [-0.1, -0.05) is 43.8 Å². The van der Waals surface area contributed by atoms with E-state index in [2.05, 4.69) is 11.9 Å². The molecular formula is C32H43NO16. The highest BCUT2D eigenvalue weighted by Gasteiger charge is 2.86. The number of benzene rings is 1. The second kappa shape index (κ2) is 16.5. The van der Waals surface area contributed by atoms with Crippen molar-refractivity contribution in [1.82, 2.24) is 5.32 Å². The van der Waals surface area contributed by atoms with Gasteiger partial charge >= 0.3 is 30.0 Å².